The molecule has 2 aromatic carbocycles. The molecule has 0 aliphatic rings. The van der Waals surface area contributed by atoms with Gasteiger partial charge in [-0.15, -0.1) is 11.8 Å². The molecule has 104 valence electrons. The van der Waals surface area contributed by atoms with E-state index in [-0.39, 0.29) is 5.91 Å². The van der Waals surface area contributed by atoms with Crippen LogP contribution in [-0.4, -0.2) is 12.2 Å². The molecular formula is C15H13ClINOS. The Labute approximate surface area is 141 Å². The second kappa shape index (κ2) is 6.83. The molecule has 0 unspecified atom stereocenters. The fourth-order valence-electron chi connectivity index (χ4n) is 1.76. The van der Waals surface area contributed by atoms with Gasteiger partial charge in [0, 0.05) is 14.2 Å². The molecule has 2 rings (SSSR count). The fourth-order valence-corrected chi connectivity index (χ4v) is 3.05. The van der Waals surface area contributed by atoms with E-state index in [0.717, 1.165) is 19.7 Å². The molecule has 0 radical (unpaired) electrons. The molecule has 0 saturated heterocycles. The van der Waals surface area contributed by atoms with Gasteiger partial charge in [-0.1, -0.05) is 11.6 Å². The molecule has 1 N–H and O–H groups in total. The molecule has 0 aliphatic carbocycles. The Bertz CT molecular complexity index is 660. The summed E-state index contributed by atoms with van der Waals surface area (Å²) >= 11 is 9.93. The zero-order valence-electron chi connectivity index (χ0n) is 11.0. The summed E-state index contributed by atoms with van der Waals surface area (Å²) in [6, 6.07) is 11.4. The summed E-state index contributed by atoms with van der Waals surface area (Å²) in [6.07, 6.45) is 1.97. The summed E-state index contributed by atoms with van der Waals surface area (Å²) in [6.45, 7) is 1.97. The lowest BCUT2D eigenvalue weighted by Gasteiger charge is -2.10. The second-order valence-electron chi connectivity index (χ2n) is 4.26. The van der Waals surface area contributed by atoms with Gasteiger partial charge in [0.1, 0.15) is 0 Å². The van der Waals surface area contributed by atoms with Crippen molar-refractivity contribution < 1.29 is 4.79 Å². The first-order valence-corrected chi connectivity index (χ1v) is 8.60. The largest absolute Gasteiger partial charge is 0.322 e. The van der Waals surface area contributed by atoms with Crippen molar-refractivity contribution in [3.63, 3.8) is 0 Å². The molecule has 0 aromatic heterocycles. The summed E-state index contributed by atoms with van der Waals surface area (Å²) in [5.41, 5.74) is 2.33. The SMILES string of the molecule is CSc1ccc(Cl)c(C(=O)Nc2ccc(I)cc2C)c1. The molecular weight excluding hydrogens is 405 g/mol. The second-order valence-corrected chi connectivity index (χ2v) is 6.79. The van der Waals surface area contributed by atoms with E-state index in [1.165, 1.54) is 0 Å². The number of rotatable bonds is 3. The van der Waals surface area contributed by atoms with Gasteiger partial charge < -0.3 is 5.32 Å². The molecule has 0 aliphatic heterocycles. The highest BCUT2D eigenvalue weighted by molar-refractivity contribution is 14.1. The first-order valence-electron chi connectivity index (χ1n) is 5.92. The van der Waals surface area contributed by atoms with Crippen molar-refractivity contribution in [2.24, 2.45) is 0 Å². The molecule has 20 heavy (non-hydrogen) atoms. The maximum absolute atomic E-state index is 12.3. The van der Waals surface area contributed by atoms with Crippen molar-refractivity contribution in [1.82, 2.24) is 0 Å². The van der Waals surface area contributed by atoms with Crippen molar-refractivity contribution in [1.29, 1.82) is 0 Å². The lowest BCUT2D eigenvalue weighted by Crippen LogP contribution is -2.13. The molecule has 0 fully saturated rings. The predicted octanol–water partition coefficient (Wildman–Crippen LogP) is 5.23. The maximum atomic E-state index is 12.3. The van der Waals surface area contributed by atoms with Gasteiger partial charge in [0.25, 0.3) is 5.91 Å². The molecule has 0 bridgehead atoms. The highest BCUT2D eigenvalue weighted by Crippen LogP contribution is 2.25. The lowest BCUT2D eigenvalue weighted by molar-refractivity contribution is 0.102. The number of carbonyl (C=O) groups is 1. The van der Waals surface area contributed by atoms with Crippen LogP contribution in [0.25, 0.3) is 0 Å². The average molecular weight is 418 g/mol. The third-order valence-corrected chi connectivity index (χ3v) is 4.58. The quantitative estimate of drug-likeness (QED) is 0.547. The Morgan fingerprint density at radius 3 is 2.65 bits per heavy atom. The van der Waals surface area contributed by atoms with Crippen molar-refractivity contribution >= 4 is 57.5 Å². The van der Waals surface area contributed by atoms with Crippen LogP contribution in [-0.2, 0) is 0 Å². The Balaban J connectivity index is 2.28. The number of aryl methyl sites for hydroxylation is 1. The van der Waals surface area contributed by atoms with Crippen LogP contribution in [0, 0.1) is 10.5 Å². The number of thioether (sulfide) groups is 1. The number of nitrogens with one attached hydrogen (secondary N) is 1. The molecule has 0 heterocycles. The monoisotopic (exact) mass is 417 g/mol. The van der Waals surface area contributed by atoms with Gasteiger partial charge in [-0.2, -0.15) is 0 Å². The van der Waals surface area contributed by atoms with Gasteiger partial charge in [0.05, 0.1) is 10.6 Å². The van der Waals surface area contributed by atoms with Gasteiger partial charge in [0.15, 0.2) is 0 Å². The van der Waals surface area contributed by atoms with E-state index in [4.69, 9.17) is 11.6 Å². The Morgan fingerprint density at radius 1 is 1.25 bits per heavy atom. The zero-order chi connectivity index (χ0) is 14.7. The third kappa shape index (κ3) is 3.68. The lowest BCUT2D eigenvalue weighted by atomic mass is 10.1. The van der Waals surface area contributed by atoms with E-state index in [0.29, 0.717) is 10.6 Å². The summed E-state index contributed by atoms with van der Waals surface area (Å²) in [4.78, 5) is 13.3. The van der Waals surface area contributed by atoms with E-state index in [1.807, 2.05) is 43.5 Å². The summed E-state index contributed by atoms with van der Waals surface area (Å²) < 4.78 is 1.14. The maximum Gasteiger partial charge on any atom is 0.257 e. The number of benzene rings is 2. The van der Waals surface area contributed by atoms with Crippen LogP contribution in [0.15, 0.2) is 41.3 Å². The minimum Gasteiger partial charge on any atom is -0.322 e. The van der Waals surface area contributed by atoms with Crippen LogP contribution in [0.2, 0.25) is 5.02 Å². The summed E-state index contributed by atoms with van der Waals surface area (Å²) in [7, 11) is 0. The molecule has 2 nitrogen and oxygen atoms in total. The number of anilines is 1. The highest BCUT2D eigenvalue weighted by atomic mass is 127. The third-order valence-electron chi connectivity index (χ3n) is 2.85. The minimum absolute atomic E-state index is 0.185. The van der Waals surface area contributed by atoms with E-state index in [2.05, 4.69) is 27.9 Å². The highest BCUT2D eigenvalue weighted by Gasteiger charge is 2.12. The number of amides is 1. The summed E-state index contributed by atoms with van der Waals surface area (Å²) in [5, 5.41) is 3.37. The van der Waals surface area contributed by atoms with Crippen LogP contribution in [0.5, 0.6) is 0 Å². The molecule has 2 aromatic rings. The molecule has 0 atom stereocenters. The van der Waals surface area contributed by atoms with Crippen LogP contribution < -0.4 is 5.32 Å². The van der Waals surface area contributed by atoms with Gasteiger partial charge in [-0.3, -0.25) is 4.79 Å². The number of hydrogen-bond donors (Lipinski definition) is 1. The average Bonchev–Trinajstić information content (AvgIpc) is 2.42. The van der Waals surface area contributed by atoms with Crippen molar-refractivity contribution in [3.8, 4) is 0 Å². The predicted molar refractivity (Wildman–Crippen MR) is 95.1 cm³/mol. The topological polar surface area (TPSA) is 29.1 Å². The molecule has 1 amide bonds. The van der Waals surface area contributed by atoms with Crippen LogP contribution in [0.4, 0.5) is 5.69 Å². The first-order chi connectivity index (χ1) is 9.51. The Morgan fingerprint density at radius 2 is 2.00 bits per heavy atom. The van der Waals surface area contributed by atoms with Gasteiger partial charge in [0.2, 0.25) is 0 Å². The van der Waals surface area contributed by atoms with Crippen LogP contribution in [0.1, 0.15) is 15.9 Å². The van der Waals surface area contributed by atoms with Gasteiger partial charge in [-0.05, 0) is 77.7 Å². The summed E-state index contributed by atoms with van der Waals surface area (Å²) in [5.74, 6) is -0.185. The Kier molecular flexibility index (Phi) is 5.35. The van der Waals surface area contributed by atoms with Crippen LogP contribution >= 0.6 is 46.0 Å². The van der Waals surface area contributed by atoms with Crippen molar-refractivity contribution in [2.75, 3.05) is 11.6 Å². The van der Waals surface area contributed by atoms with E-state index in [1.54, 1.807) is 17.8 Å². The normalized spacial score (nSPS) is 10.4. The number of hydrogen-bond acceptors (Lipinski definition) is 2. The molecule has 0 saturated carbocycles. The number of halogens is 2. The zero-order valence-corrected chi connectivity index (χ0v) is 14.8. The molecule has 0 spiro atoms. The van der Waals surface area contributed by atoms with Gasteiger partial charge in [-0.25, -0.2) is 0 Å². The van der Waals surface area contributed by atoms with Crippen molar-refractivity contribution in [2.45, 2.75) is 11.8 Å². The van der Waals surface area contributed by atoms with E-state index >= 15 is 0 Å². The fraction of sp³-hybridized carbons (Fsp3) is 0.133. The smallest absolute Gasteiger partial charge is 0.257 e. The Hall–Kier alpha value is -0.720. The first kappa shape index (κ1) is 15.7. The van der Waals surface area contributed by atoms with E-state index in [9.17, 15) is 4.79 Å². The van der Waals surface area contributed by atoms with Crippen LogP contribution in [0.3, 0.4) is 0 Å². The van der Waals surface area contributed by atoms with Crippen molar-refractivity contribution in [3.05, 3.63) is 56.1 Å². The van der Waals surface area contributed by atoms with E-state index < -0.39 is 0 Å². The number of carbonyl (C=O) groups excluding carboxylic acids is 1. The van der Waals surface area contributed by atoms with Gasteiger partial charge >= 0.3 is 0 Å². The minimum atomic E-state index is -0.185. The standard InChI is InChI=1S/C15H13ClINOS/c1-9-7-10(17)3-6-14(9)18-15(19)12-8-11(20-2)4-5-13(12)16/h3-8H,1-2H3,(H,18,19). The molecule has 5 heteroatoms.